The monoisotopic (exact) mass is 472 g/mol. The molecule has 1 amide bonds. The Balaban J connectivity index is 0.000000360. The quantitative estimate of drug-likeness (QED) is 0.689. The fourth-order valence-electron chi connectivity index (χ4n) is 3.84. The zero-order valence-corrected chi connectivity index (χ0v) is 17.8. The number of thiophene rings is 1. The summed E-state index contributed by atoms with van der Waals surface area (Å²) >= 11 is 1.82. The number of aromatic nitrogens is 2. The third-order valence-corrected chi connectivity index (χ3v) is 6.20. The van der Waals surface area contributed by atoms with Gasteiger partial charge in [0.15, 0.2) is 0 Å². The van der Waals surface area contributed by atoms with Crippen LogP contribution in [0.1, 0.15) is 21.8 Å². The SMILES string of the molecule is O=C(NC[C@H]1OC[C@@H]2CN(Cc3cccs3)CC[C@@H]21)c1cnccn1.O=C(O)C(F)(F)F. The first-order chi connectivity index (χ1) is 15.2. The number of carboxylic acid groups (broad SMARTS) is 1. The Kier molecular flexibility index (Phi) is 8.15. The number of fused-ring (bicyclic) bond motifs is 1. The maximum absolute atomic E-state index is 12.1. The van der Waals surface area contributed by atoms with Gasteiger partial charge in [-0.1, -0.05) is 6.07 Å². The van der Waals surface area contributed by atoms with E-state index in [-0.39, 0.29) is 12.0 Å². The molecule has 0 spiro atoms. The highest BCUT2D eigenvalue weighted by atomic mass is 32.1. The van der Waals surface area contributed by atoms with E-state index in [1.165, 1.54) is 17.3 Å². The summed E-state index contributed by atoms with van der Waals surface area (Å²) in [6.07, 6.45) is 0.721. The molecule has 2 aromatic rings. The minimum absolute atomic E-state index is 0.106. The highest BCUT2D eigenvalue weighted by Crippen LogP contribution is 2.34. The van der Waals surface area contributed by atoms with Crippen molar-refractivity contribution in [2.45, 2.75) is 25.2 Å². The van der Waals surface area contributed by atoms with Crippen molar-refractivity contribution in [2.75, 3.05) is 26.2 Å². The molecule has 2 fully saturated rings. The lowest BCUT2D eigenvalue weighted by Crippen LogP contribution is -2.43. The molecular formula is C20H23F3N4O4S. The second-order valence-corrected chi connectivity index (χ2v) is 8.53. The Morgan fingerprint density at radius 3 is 2.75 bits per heavy atom. The number of ether oxygens (including phenoxy) is 1. The fourth-order valence-corrected chi connectivity index (χ4v) is 4.59. The van der Waals surface area contributed by atoms with Crippen molar-refractivity contribution in [1.29, 1.82) is 0 Å². The summed E-state index contributed by atoms with van der Waals surface area (Å²) in [5.74, 6) is -1.85. The van der Waals surface area contributed by atoms with Crippen LogP contribution in [0.25, 0.3) is 0 Å². The standard InChI is InChI=1S/C18H22N4O2S.C2HF3O2/c23-18(16-8-19-4-5-20-16)21-9-17-15-3-6-22(10-13(15)12-24-17)11-14-2-1-7-25-14;3-2(4,5)1(6)7/h1-2,4-5,7-8,13,15,17H,3,6,9-12H2,(H,21,23);(H,6,7)/t13-,15-,17+;/m0./s1. The number of hydrogen-bond donors (Lipinski definition) is 2. The number of rotatable bonds is 5. The summed E-state index contributed by atoms with van der Waals surface area (Å²) < 4.78 is 37.7. The lowest BCUT2D eigenvalue weighted by Gasteiger charge is -2.35. The molecule has 0 unspecified atom stereocenters. The molecule has 0 saturated carbocycles. The summed E-state index contributed by atoms with van der Waals surface area (Å²) in [4.78, 5) is 32.9. The van der Waals surface area contributed by atoms with E-state index in [9.17, 15) is 18.0 Å². The second kappa shape index (κ2) is 10.8. The Morgan fingerprint density at radius 2 is 2.12 bits per heavy atom. The van der Waals surface area contributed by atoms with E-state index in [4.69, 9.17) is 14.6 Å². The van der Waals surface area contributed by atoms with E-state index in [0.717, 1.165) is 32.7 Å². The van der Waals surface area contributed by atoms with Crippen LogP contribution in [0.15, 0.2) is 36.1 Å². The van der Waals surface area contributed by atoms with Crippen molar-refractivity contribution >= 4 is 23.2 Å². The molecule has 0 radical (unpaired) electrons. The molecule has 2 aromatic heterocycles. The van der Waals surface area contributed by atoms with Gasteiger partial charge in [0.25, 0.3) is 5.91 Å². The summed E-state index contributed by atoms with van der Waals surface area (Å²) in [5.41, 5.74) is 0.350. The first-order valence-electron chi connectivity index (χ1n) is 9.94. The molecule has 174 valence electrons. The van der Waals surface area contributed by atoms with Gasteiger partial charge in [-0.05, 0) is 30.3 Å². The van der Waals surface area contributed by atoms with Crippen LogP contribution in [-0.2, 0) is 16.1 Å². The largest absolute Gasteiger partial charge is 0.490 e. The average Bonchev–Trinajstić information content (AvgIpc) is 3.42. The number of alkyl halides is 3. The Labute approximate surface area is 186 Å². The molecule has 32 heavy (non-hydrogen) atoms. The van der Waals surface area contributed by atoms with Gasteiger partial charge in [0.1, 0.15) is 5.69 Å². The van der Waals surface area contributed by atoms with Gasteiger partial charge in [-0.25, -0.2) is 9.78 Å². The number of nitrogens with zero attached hydrogens (tertiary/aromatic N) is 3. The van der Waals surface area contributed by atoms with Crippen molar-refractivity contribution in [3.05, 3.63) is 46.7 Å². The third kappa shape index (κ3) is 6.71. The first-order valence-corrected chi connectivity index (χ1v) is 10.8. The van der Waals surface area contributed by atoms with Gasteiger partial charge in [-0.3, -0.25) is 14.7 Å². The van der Waals surface area contributed by atoms with Gasteiger partial charge in [-0.15, -0.1) is 11.3 Å². The number of halogens is 3. The van der Waals surface area contributed by atoms with Crippen LogP contribution >= 0.6 is 11.3 Å². The van der Waals surface area contributed by atoms with Crippen molar-refractivity contribution in [2.24, 2.45) is 11.8 Å². The molecule has 2 saturated heterocycles. The minimum atomic E-state index is -5.08. The normalized spacial score (nSPS) is 23.0. The molecular weight excluding hydrogens is 449 g/mol. The predicted octanol–water partition coefficient (Wildman–Crippen LogP) is 2.44. The zero-order chi connectivity index (χ0) is 23.1. The van der Waals surface area contributed by atoms with Crippen LogP contribution in [0.4, 0.5) is 13.2 Å². The average molecular weight is 472 g/mol. The van der Waals surface area contributed by atoms with E-state index < -0.39 is 12.1 Å². The van der Waals surface area contributed by atoms with Crippen LogP contribution in [0.3, 0.4) is 0 Å². The van der Waals surface area contributed by atoms with E-state index in [1.54, 1.807) is 6.20 Å². The van der Waals surface area contributed by atoms with E-state index >= 15 is 0 Å². The summed E-state index contributed by atoms with van der Waals surface area (Å²) in [5, 5.41) is 12.2. The third-order valence-electron chi connectivity index (χ3n) is 5.34. The number of carbonyl (C=O) groups excluding carboxylic acids is 1. The van der Waals surface area contributed by atoms with E-state index in [0.29, 0.717) is 24.1 Å². The highest BCUT2D eigenvalue weighted by Gasteiger charge is 2.41. The van der Waals surface area contributed by atoms with Crippen LogP contribution in [-0.4, -0.2) is 70.4 Å². The topological polar surface area (TPSA) is 105 Å². The lowest BCUT2D eigenvalue weighted by molar-refractivity contribution is -0.192. The van der Waals surface area contributed by atoms with Crippen molar-refractivity contribution in [3.63, 3.8) is 0 Å². The molecule has 2 aliphatic heterocycles. The number of carboxylic acids is 1. The highest BCUT2D eigenvalue weighted by molar-refractivity contribution is 7.09. The van der Waals surface area contributed by atoms with Crippen molar-refractivity contribution in [3.8, 4) is 0 Å². The molecule has 4 rings (SSSR count). The summed E-state index contributed by atoms with van der Waals surface area (Å²) in [6, 6.07) is 4.31. The van der Waals surface area contributed by atoms with Gasteiger partial charge in [0.2, 0.25) is 0 Å². The second-order valence-electron chi connectivity index (χ2n) is 7.50. The first kappa shape index (κ1) is 24.1. The van der Waals surface area contributed by atoms with Gasteiger partial charge >= 0.3 is 12.1 Å². The molecule has 3 atom stereocenters. The Hall–Kier alpha value is -2.57. The van der Waals surface area contributed by atoms with Crippen molar-refractivity contribution < 1.29 is 32.6 Å². The predicted molar refractivity (Wildman–Crippen MR) is 109 cm³/mol. The minimum Gasteiger partial charge on any atom is -0.475 e. The smallest absolute Gasteiger partial charge is 0.475 e. The molecule has 8 nitrogen and oxygen atoms in total. The van der Waals surface area contributed by atoms with Gasteiger partial charge in [-0.2, -0.15) is 13.2 Å². The number of piperidine rings is 1. The van der Waals surface area contributed by atoms with Crippen LogP contribution in [0, 0.1) is 11.8 Å². The maximum atomic E-state index is 12.1. The number of amides is 1. The Morgan fingerprint density at radius 1 is 1.34 bits per heavy atom. The molecule has 4 heterocycles. The summed E-state index contributed by atoms with van der Waals surface area (Å²) in [7, 11) is 0. The van der Waals surface area contributed by atoms with E-state index in [1.807, 2.05) is 11.3 Å². The fraction of sp³-hybridized carbons (Fsp3) is 0.500. The van der Waals surface area contributed by atoms with Gasteiger partial charge in [0.05, 0.1) is 18.9 Å². The molecule has 0 bridgehead atoms. The van der Waals surface area contributed by atoms with E-state index in [2.05, 4.69) is 37.7 Å². The van der Waals surface area contributed by atoms with Crippen LogP contribution in [0.5, 0.6) is 0 Å². The number of carbonyl (C=O) groups is 2. The number of nitrogens with one attached hydrogen (secondary N) is 1. The number of likely N-dealkylation sites (tertiary alicyclic amines) is 1. The van der Waals surface area contributed by atoms with Crippen LogP contribution < -0.4 is 5.32 Å². The Bertz CT molecular complexity index is 883. The van der Waals surface area contributed by atoms with Crippen molar-refractivity contribution in [1.82, 2.24) is 20.2 Å². The number of hydrogen-bond acceptors (Lipinski definition) is 7. The molecule has 2 aliphatic rings. The van der Waals surface area contributed by atoms with Gasteiger partial charge < -0.3 is 15.2 Å². The van der Waals surface area contributed by atoms with Gasteiger partial charge in [0, 0.05) is 42.8 Å². The molecule has 2 N–H and O–H groups in total. The zero-order valence-electron chi connectivity index (χ0n) is 17.0. The lowest BCUT2D eigenvalue weighted by atomic mass is 9.84. The molecule has 0 aliphatic carbocycles. The molecule has 0 aromatic carbocycles. The van der Waals surface area contributed by atoms with Crippen LogP contribution in [0.2, 0.25) is 0 Å². The summed E-state index contributed by atoms with van der Waals surface area (Å²) in [6.45, 7) is 4.54. The number of aliphatic carboxylic acids is 1. The molecule has 12 heteroatoms. The maximum Gasteiger partial charge on any atom is 0.490 e.